The molecule has 0 aromatic heterocycles. The van der Waals surface area contributed by atoms with E-state index < -0.39 is 23.9 Å². The van der Waals surface area contributed by atoms with Gasteiger partial charge in [0.25, 0.3) is 0 Å². The van der Waals surface area contributed by atoms with E-state index in [4.69, 9.17) is 20.4 Å². The molecule has 0 heterocycles. The van der Waals surface area contributed by atoms with E-state index in [1.165, 1.54) is 0 Å². The van der Waals surface area contributed by atoms with Gasteiger partial charge in [0.1, 0.15) is 0 Å². The molecule has 0 spiro atoms. The maximum atomic E-state index is 10.1. The zero-order valence-corrected chi connectivity index (χ0v) is 12.2. The molecule has 0 aliphatic rings. The number of carboxylic acid groups (broad SMARTS) is 4. The van der Waals surface area contributed by atoms with Crippen molar-refractivity contribution in [2.24, 2.45) is 0 Å². The number of hydrogen-bond donors (Lipinski definition) is 4. The molecule has 0 radical (unpaired) electrons. The van der Waals surface area contributed by atoms with E-state index in [2.05, 4.69) is 0 Å². The summed E-state index contributed by atoms with van der Waals surface area (Å²) in [6.45, 7) is 0. The standard InChI is InChI=1S/C9H16O4.C5H6O4/c10-8(11)6-4-2-1-3-5-7-9(12)13;6-4(7)2-1-3-5(8)9/h1-7H2,(H,10,11)(H,12,13);1-2H,3H2,(H,6,7)(H,8,9)/b;2-1+. The van der Waals surface area contributed by atoms with Gasteiger partial charge in [0.2, 0.25) is 0 Å². The lowest BCUT2D eigenvalue weighted by atomic mass is 10.1. The monoisotopic (exact) mass is 318 g/mol. The van der Waals surface area contributed by atoms with E-state index in [1.54, 1.807) is 0 Å². The van der Waals surface area contributed by atoms with Crippen LogP contribution in [0.25, 0.3) is 0 Å². The molecule has 0 aromatic rings. The van der Waals surface area contributed by atoms with Crippen LogP contribution < -0.4 is 0 Å². The highest BCUT2D eigenvalue weighted by molar-refractivity contribution is 5.81. The van der Waals surface area contributed by atoms with Crippen molar-refractivity contribution in [3.8, 4) is 0 Å². The molecule has 0 atom stereocenters. The second-order valence-corrected chi connectivity index (χ2v) is 4.39. The summed E-state index contributed by atoms with van der Waals surface area (Å²) in [6.07, 6.45) is 6.16. The van der Waals surface area contributed by atoms with Crippen molar-refractivity contribution >= 4 is 23.9 Å². The highest BCUT2D eigenvalue weighted by Gasteiger charge is 1.98. The van der Waals surface area contributed by atoms with Crippen molar-refractivity contribution in [3.63, 3.8) is 0 Å². The SMILES string of the molecule is O=C(O)/C=C/CC(=O)O.O=C(O)CCCCCCCC(=O)O. The number of carbonyl (C=O) groups is 4. The second kappa shape index (κ2) is 15.0. The molecule has 0 aliphatic carbocycles. The predicted octanol–water partition coefficient (Wildman–Crippen LogP) is 1.99. The zero-order valence-electron chi connectivity index (χ0n) is 12.2. The quantitative estimate of drug-likeness (QED) is 0.333. The second-order valence-electron chi connectivity index (χ2n) is 4.39. The molecule has 22 heavy (non-hydrogen) atoms. The van der Waals surface area contributed by atoms with Gasteiger partial charge < -0.3 is 20.4 Å². The van der Waals surface area contributed by atoms with E-state index in [9.17, 15) is 19.2 Å². The van der Waals surface area contributed by atoms with Gasteiger partial charge in [0.05, 0.1) is 6.42 Å². The lowest BCUT2D eigenvalue weighted by Crippen LogP contribution is -1.95. The third-order valence-electron chi connectivity index (χ3n) is 2.33. The van der Waals surface area contributed by atoms with Crippen molar-refractivity contribution in [2.45, 2.75) is 51.4 Å². The number of unbranched alkanes of at least 4 members (excludes halogenated alkanes) is 4. The predicted molar refractivity (Wildman–Crippen MR) is 76.6 cm³/mol. The van der Waals surface area contributed by atoms with Crippen LogP contribution in [0.2, 0.25) is 0 Å². The maximum absolute atomic E-state index is 10.1. The fourth-order valence-electron chi connectivity index (χ4n) is 1.34. The minimum atomic E-state index is -1.13. The smallest absolute Gasteiger partial charge is 0.327 e. The number of rotatable bonds is 11. The van der Waals surface area contributed by atoms with Crippen molar-refractivity contribution in [3.05, 3.63) is 12.2 Å². The summed E-state index contributed by atoms with van der Waals surface area (Å²) < 4.78 is 0. The Balaban J connectivity index is 0. The minimum absolute atomic E-state index is 0.221. The Morgan fingerprint density at radius 2 is 1.05 bits per heavy atom. The van der Waals surface area contributed by atoms with Gasteiger partial charge in [-0.05, 0) is 12.8 Å². The van der Waals surface area contributed by atoms with E-state index in [1.807, 2.05) is 0 Å². The van der Waals surface area contributed by atoms with Crippen LogP contribution in [0.1, 0.15) is 51.4 Å². The average molecular weight is 318 g/mol. The average Bonchev–Trinajstić information content (AvgIpc) is 2.36. The van der Waals surface area contributed by atoms with Crippen molar-refractivity contribution in [1.29, 1.82) is 0 Å². The highest BCUT2D eigenvalue weighted by Crippen LogP contribution is 2.06. The van der Waals surface area contributed by atoms with Gasteiger partial charge in [-0.25, -0.2) is 4.79 Å². The Labute approximate surface area is 128 Å². The number of aliphatic carboxylic acids is 4. The van der Waals surface area contributed by atoms with E-state index >= 15 is 0 Å². The Hall–Kier alpha value is -2.38. The third-order valence-corrected chi connectivity index (χ3v) is 2.33. The molecule has 0 bridgehead atoms. The Morgan fingerprint density at radius 3 is 1.36 bits per heavy atom. The van der Waals surface area contributed by atoms with Crippen LogP contribution in [0.15, 0.2) is 12.2 Å². The molecule has 0 saturated heterocycles. The molecule has 0 rings (SSSR count). The largest absolute Gasteiger partial charge is 0.481 e. The molecule has 0 saturated carbocycles. The molecule has 0 unspecified atom stereocenters. The normalized spacial score (nSPS) is 9.82. The Morgan fingerprint density at radius 1 is 0.636 bits per heavy atom. The van der Waals surface area contributed by atoms with Crippen LogP contribution in [0.5, 0.6) is 0 Å². The summed E-state index contributed by atoms with van der Waals surface area (Å²) in [6, 6.07) is 0. The van der Waals surface area contributed by atoms with Crippen molar-refractivity contribution in [1.82, 2.24) is 0 Å². The van der Waals surface area contributed by atoms with Gasteiger partial charge in [0, 0.05) is 18.9 Å². The Kier molecular flexibility index (Phi) is 15.0. The van der Waals surface area contributed by atoms with E-state index in [0.717, 1.165) is 31.4 Å². The summed E-state index contributed by atoms with van der Waals surface area (Å²) in [7, 11) is 0. The van der Waals surface area contributed by atoms with Crippen LogP contribution in [-0.4, -0.2) is 44.3 Å². The minimum Gasteiger partial charge on any atom is -0.481 e. The first-order chi connectivity index (χ1) is 10.3. The molecule has 8 nitrogen and oxygen atoms in total. The summed E-state index contributed by atoms with van der Waals surface area (Å²) in [5, 5.41) is 32.6. The van der Waals surface area contributed by atoms with E-state index in [-0.39, 0.29) is 19.3 Å². The first-order valence-corrected chi connectivity index (χ1v) is 6.80. The third kappa shape index (κ3) is 26.2. The van der Waals surface area contributed by atoms with Crippen LogP contribution in [-0.2, 0) is 19.2 Å². The van der Waals surface area contributed by atoms with Crippen molar-refractivity contribution < 1.29 is 39.6 Å². The fraction of sp³-hybridized carbons (Fsp3) is 0.571. The van der Waals surface area contributed by atoms with Crippen LogP contribution >= 0.6 is 0 Å². The first kappa shape index (κ1) is 21.9. The number of carboxylic acids is 4. The molecule has 0 aromatic carbocycles. The fourth-order valence-corrected chi connectivity index (χ4v) is 1.34. The highest BCUT2D eigenvalue weighted by atomic mass is 16.4. The van der Waals surface area contributed by atoms with Crippen LogP contribution in [0.3, 0.4) is 0 Å². The number of hydrogen-bond acceptors (Lipinski definition) is 4. The summed E-state index contributed by atoms with van der Waals surface area (Å²) in [4.78, 5) is 39.6. The van der Waals surface area contributed by atoms with Crippen LogP contribution in [0, 0.1) is 0 Å². The Bertz CT molecular complexity index is 368. The van der Waals surface area contributed by atoms with E-state index in [0.29, 0.717) is 12.8 Å². The van der Waals surface area contributed by atoms with Gasteiger partial charge >= 0.3 is 23.9 Å². The van der Waals surface area contributed by atoms with Crippen molar-refractivity contribution in [2.75, 3.05) is 0 Å². The molecule has 126 valence electrons. The molecular formula is C14H22O8. The molecule has 4 N–H and O–H groups in total. The summed E-state index contributed by atoms with van der Waals surface area (Å²) in [5.41, 5.74) is 0. The van der Waals surface area contributed by atoms with Crippen LogP contribution in [0.4, 0.5) is 0 Å². The van der Waals surface area contributed by atoms with Gasteiger partial charge in [-0.2, -0.15) is 0 Å². The van der Waals surface area contributed by atoms with Gasteiger partial charge in [0.15, 0.2) is 0 Å². The topological polar surface area (TPSA) is 149 Å². The summed E-state index contributed by atoms with van der Waals surface area (Å²) >= 11 is 0. The molecule has 8 heteroatoms. The maximum Gasteiger partial charge on any atom is 0.327 e. The molecule has 0 fully saturated rings. The lowest BCUT2D eigenvalue weighted by molar-refractivity contribution is -0.138. The first-order valence-electron chi connectivity index (χ1n) is 6.80. The van der Waals surface area contributed by atoms with Gasteiger partial charge in [-0.1, -0.05) is 25.3 Å². The lowest BCUT2D eigenvalue weighted by Gasteiger charge is -1.97. The molecular weight excluding hydrogens is 296 g/mol. The van der Waals surface area contributed by atoms with Gasteiger partial charge in [-0.3, -0.25) is 14.4 Å². The zero-order chi connectivity index (χ0) is 17.4. The summed E-state index contributed by atoms with van der Waals surface area (Å²) in [5.74, 6) is -3.68. The molecule has 0 aliphatic heterocycles. The van der Waals surface area contributed by atoms with Gasteiger partial charge in [-0.15, -0.1) is 0 Å². The molecule has 0 amide bonds.